The molecule has 0 saturated carbocycles. The molecule has 106 valence electrons. The van der Waals surface area contributed by atoms with Crippen molar-refractivity contribution in [2.24, 2.45) is 11.5 Å². The molecule has 0 aliphatic heterocycles. The fourth-order valence-corrected chi connectivity index (χ4v) is 0.902. The highest BCUT2D eigenvalue weighted by atomic mass is 16.4. The second-order valence-corrected chi connectivity index (χ2v) is 3.66. The Morgan fingerprint density at radius 2 is 1.84 bits per heavy atom. The van der Waals surface area contributed by atoms with Crippen molar-refractivity contribution >= 4 is 23.7 Å². The highest BCUT2D eigenvalue weighted by molar-refractivity contribution is 5.96. The number of amides is 3. The van der Waals surface area contributed by atoms with Gasteiger partial charge in [-0.25, -0.2) is 0 Å². The number of nitrogens with two attached hydrogens (primary N) is 2. The highest BCUT2D eigenvalue weighted by Gasteiger charge is 2.19. The molecule has 0 aromatic heterocycles. The Hall–Kier alpha value is -2.42. The molecular formula is C10H16N4O5. The van der Waals surface area contributed by atoms with Crippen LogP contribution < -0.4 is 22.1 Å². The fourth-order valence-electron chi connectivity index (χ4n) is 0.902. The molecule has 9 nitrogen and oxygen atoms in total. The molecule has 3 amide bonds. The Morgan fingerprint density at radius 1 is 1.26 bits per heavy atom. The number of carbonyl (C=O) groups is 4. The summed E-state index contributed by atoms with van der Waals surface area (Å²) < 4.78 is 0. The smallest absolute Gasteiger partial charge is 0.325 e. The third kappa shape index (κ3) is 7.49. The van der Waals surface area contributed by atoms with Crippen LogP contribution >= 0.6 is 0 Å². The molecule has 0 spiro atoms. The average molecular weight is 272 g/mol. The highest BCUT2D eigenvalue weighted by Crippen LogP contribution is 1.85. The number of carbonyl (C=O) groups excluding carboxylic acids is 3. The number of nitrogens with one attached hydrogen (secondary N) is 2. The molecule has 0 bridgehead atoms. The lowest BCUT2D eigenvalue weighted by atomic mass is 10.2. The first kappa shape index (κ1) is 16.6. The maximum Gasteiger partial charge on any atom is 0.325 e. The second-order valence-electron chi connectivity index (χ2n) is 3.66. The number of carboxylic acids is 1. The van der Waals surface area contributed by atoms with E-state index in [1.165, 1.54) is 6.92 Å². The van der Waals surface area contributed by atoms with Crippen molar-refractivity contribution in [1.82, 2.24) is 10.6 Å². The number of rotatable bonds is 7. The van der Waals surface area contributed by atoms with Crippen LogP contribution in [-0.4, -0.2) is 47.4 Å². The predicted octanol–water partition coefficient (Wildman–Crippen LogP) is -2.94. The molecule has 7 N–H and O–H groups in total. The summed E-state index contributed by atoms with van der Waals surface area (Å²) in [6, 6.07) is -2.18. The van der Waals surface area contributed by atoms with Gasteiger partial charge in [-0.05, 0) is 6.92 Å². The van der Waals surface area contributed by atoms with Crippen molar-refractivity contribution in [2.45, 2.75) is 19.0 Å². The van der Waals surface area contributed by atoms with Crippen molar-refractivity contribution in [2.75, 3.05) is 6.54 Å². The molecular weight excluding hydrogens is 256 g/mol. The first-order chi connectivity index (χ1) is 8.73. The van der Waals surface area contributed by atoms with E-state index in [1.54, 1.807) is 0 Å². The second kappa shape index (κ2) is 7.82. The van der Waals surface area contributed by atoms with Gasteiger partial charge in [0.2, 0.25) is 17.7 Å². The maximum absolute atomic E-state index is 11.4. The summed E-state index contributed by atoms with van der Waals surface area (Å²) >= 11 is 0. The van der Waals surface area contributed by atoms with E-state index >= 15 is 0 Å². The van der Waals surface area contributed by atoms with Crippen molar-refractivity contribution in [3.05, 3.63) is 12.2 Å². The van der Waals surface area contributed by atoms with Crippen LogP contribution in [-0.2, 0) is 19.2 Å². The van der Waals surface area contributed by atoms with E-state index in [4.69, 9.17) is 16.6 Å². The lowest BCUT2D eigenvalue weighted by molar-refractivity contribution is -0.141. The Balaban J connectivity index is 4.13. The van der Waals surface area contributed by atoms with Gasteiger partial charge in [0.1, 0.15) is 12.1 Å². The molecule has 0 unspecified atom stereocenters. The fraction of sp³-hybridized carbons (Fsp3) is 0.400. The van der Waals surface area contributed by atoms with Crippen LogP contribution in [0.4, 0.5) is 0 Å². The number of primary amides is 1. The van der Waals surface area contributed by atoms with Crippen LogP contribution in [0.1, 0.15) is 6.92 Å². The van der Waals surface area contributed by atoms with Gasteiger partial charge in [0.05, 0.1) is 0 Å². The summed E-state index contributed by atoms with van der Waals surface area (Å²) in [7, 11) is 0. The molecule has 2 atom stereocenters. The first-order valence-electron chi connectivity index (χ1n) is 5.28. The van der Waals surface area contributed by atoms with Crippen molar-refractivity contribution in [1.29, 1.82) is 0 Å². The van der Waals surface area contributed by atoms with E-state index in [-0.39, 0.29) is 6.54 Å². The first-order valence-corrected chi connectivity index (χ1v) is 5.28. The molecule has 0 aliphatic carbocycles. The van der Waals surface area contributed by atoms with Gasteiger partial charge in [-0.2, -0.15) is 0 Å². The zero-order valence-corrected chi connectivity index (χ0v) is 10.3. The summed E-state index contributed by atoms with van der Waals surface area (Å²) in [6.45, 7) is 1.07. The Labute approximate surface area is 109 Å². The SMILES string of the molecule is C[C@@H](NC(=O)[C@@H](N)CNC(=O)/C=C/C(N)=O)C(=O)O. The van der Waals surface area contributed by atoms with E-state index in [0.717, 1.165) is 12.2 Å². The zero-order chi connectivity index (χ0) is 15.0. The molecule has 19 heavy (non-hydrogen) atoms. The number of aliphatic carboxylic acids is 1. The Morgan fingerprint density at radius 3 is 2.32 bits per heavy atom. The van der Waals surface area contributed by atoms with Crippen LogP contribution in [0.3, 0.4) is 0 Å². The number of hydrogen-bond acceptors (Lipinski definition) is 5. The molecule has 0 heterocycles. The molecule has 0 aliphatic rings. The topological polar surface area (TPSA) is 165 Å². The third-order valence-corrected chi connectivity index (χ3v) is 1.96. The number of carboxylic acid groups (broad SMARTS) is 1. The number of hydrogen-bond donors (Lipinski definition) is 5. The lowest BCUT2D eigenvalue weighted by Crippen LogP contribution is -2.51. The standard InChI is InChI=1S/C10H16N4O5/c1-5(10(18)19)14-9(17)6(11)4-13-8(16)3-2-7(12)15/h2-3,5-6H,4,11H2,1H3,(H2,12,15)(H,13,16)(H,14,17)(H,18,19)/b3-2+/t5-,6+/m1/s1. The van der Waals surface area contributed by atoms with Crippen LogP contribution in [0.5, 0.6) is 0 Å². The minimum atomic E-state index is -1.20. The molecule has 0 saturated heterocycles. The van der Waals surface area contributed by atoms with Gasteiger partial charge in [-0.3, -0.25) is 19.2 Å². The maximum atomic E-state index is 11.4. The van der Waals surface area contributed by atoms with E-state index in [9.17, 15) is 19.2 Å². The molecule has 0 aromatic carbocycles. The molecule has 0 rings (SSSR count). The van der Waals surface area contributed by atoms with Gasteiger partial charge in [0, 0.05) is 18.7 Å². The summed E-state index contributed by atoms with van der Waals surface area (Å²) in [5.41, 5.74) is 10.2. The van der Waals surface area contributed by atoms with E-state index in [0.29, 0.717) is 0 Å². The molecule has 9 heteroatoms. The minimum absolute atomic E-state index is 0.208. The monoisotopic (exact) mass is 272 g/mol. The summed E-state index contributed by atoms with van der Waals surface area (Å²) in [5.74, 6) is -3.34. The summed E-state index contributed by atoms with van der Waals surface area (Å²) in [4.78, 5) is 43.4. The van der Waals surface area contributed by atoms with Gasteiger partial charge in [0.15, 0.2) is 0 Å². The van der Waals surface area contributed by atoms with Crippen molar-refractivity contribution in [3.8, 4) is 0 Å². The predicted molar refractivity (Wildman–Crippen MR) is 64.6 cm³/mol. The van der Waals surface area contributed by atoms with Crippen LogP contribution in [0.25, 0.3) is 0 Å². The van der Waals surface area contributed by atoms with Gasteiger partial charge in [-0.15, -0.1) is 0 Å². The van der Waals surface area contributed by atoms with Gasteiger partial charge >= 0.3 is 5.97 Å². The van der Waals surface area contributed by atoms with Gasteiger partial charge < -0.3 is 27.2 Å². The molecule has 0 aromatic rings. The van der Waals surface area contributed by atoms with E-state index in [1.807, 2.05) is 0 Å². The zero-order valence-electron chi connectivity index (χ0n) is 10.3. The normalized spacial score (nSPS) is 13.6. The Kier molecular flexibility index (Phi) is 6.82. The average Bonchev–Trinajstić information content (AvgIpc) is 2.32. The van der Waals surface area contributed by atoms with E-state index in [2.05, 4.69) is 10.6 Å². The Bertz CT molecular complexity index is 407. The van der Waals surface area contributed by atoms with Crippen molar-refractivity contribution < 1.29 is 24.3 Å². The van der Waals surface area contributed by atoms with Crippen LogP contribution in [0.2, 0.25) is 0 Å². The molecule has 0 radical (unpaired) electrons. The van der Waals surface area contributed by atoms with Gasteiger partial charge in [0.25, 0.3) is 0 Å². The quantitative estimate of drug-likeness (QED) is 0.311. The third-order valence-electron chi connectivity index (χ3n) is 1.96. The van der Waals surface area contributed by atoms with Gasteiger partial charge in [-0.1, -0.05) is 0 Å². The van der Waals surface area contributed by atoms with Crippen molar-refractivity contribution in [3.63, 3.8) is 0 Å². The van der Waals surface area contributed by atoms with E-state index < -0.39 is 35.8 Å². The summed E-state index contributed by atoms with van der Waals surface area (Å²) in [6.07, 6.45) is 1.75. The molecule has 0 fully saturated rings. The summed E-state index contributed by atoms with van der Waals surface area (Å²) in [5, 5.41) is 13.0. The van der Waals surface area contributed by atoms with Crippen LogP contribution in [0, 0.1) is 0 Å². The largest absolute Gasteiger partial charge is 0.480 e. The van der Waals surface area contributed by atoms with Crippen LogP contribution in [0.15, 0.2) is 12.2 Å². The minimum Gasteiger partial charge on any atom is -0.480 e. The lowest BCUT2D eigenvalue weighted by Gasteiger charge is -2.14.